The van der Waals surface area contributed by atoms with E-state index in [1.807, 2.05) is 96.3 Å². The van der Waals surface area contributed by atoms with Crippen molar-refractivity contribution in [1.82, 2.24) is 15.3 Å². The summed E-state index contributed by atoms with van der Waals surface area (Å²) in [6, 6.07) is 27.7. The number of hydrogen-bond donors (Lipinski definition) is 4. The van der Waals surface area contributed by atoms with Gasteiger partial charge in [0.15, 0.2) is 0 Å². The van der Waals surface area contributed by atoms with Crippen LogP contribution in [0.5, 0.6) is 0 Å². The third kappa shape index (κ3) is 4.92. The van der Waals surface area contributed by atoms with E-state index in [4.69, 9.17) is 9.63 Å². The fourth-order valence-electron chi connectivity index (χ4n) is 4.61. The number of hydrogen-bond acceptors (Lipinski definition) is 5. The Morgan fingerprint density at radius 3 is 1.78 bits per heavy atom. The molecule has 0 bridgehead atoms. The molecule has 1 saturated heterocycles. The zero-order valence-electron chi connectivity index (χ0n) is 19.7. The fraction of sp³-hybridized carbons (Fsp3) is 0.231. The lowest BCUT2D eigenvalue weighted by Crippen LogP contribution is -2.68. The zero-order chi connectivity index (χ0) is 25.8. The van der Waals surface area contributed by atoms with Gasteiger partial charge in [-0.25, -0.2) is 14.0 Å². The van der Waals surface area contributed by atoms with Gasteiger partial charge in [0.05, 0.1) is 18.2 Å². The molecule has 3 atom stereocenters. The van der Waals surface area contributed by atoms with Gasteiger partial charge < -0.3 is 15.3 Å². The smallest absolute Gasteiger partial charge is 0.435 e. The summed E-state index contributed by atoms with van der Waals surface area (Å²) in [7, 11) is -4.48. The first-order valence-electron chi connectivity index (χ1n) is 11.5. The lowest BCUT2D eigenvalue weighted by atomic mass is 9.77. The van der Waals surface area contributed by atoms with E-state index in [9.17, 15) is 19.0 Å². The van der Waals surface area contributed by atoms with E-state index >= 15 is 0 Å². The van der Waals surface area contributed by atoms with E-state index < -0.39 is 37.4 Å². The third-order valence-corrected chi connectivity index (χ3v) is 7.91. The molecule has 1 fully saturated rings. The van der Waals surface area contributed by atoms with Crippen LogP contribution in [0.2, 0.25) is 0 Å². The number of carbonyl (C=O) groups excluding carboxylic acids is 1. The highest BCUT2D eigenvalue weighted by molar-refractivity contribution is 7.51. The third-order valence-electron chi connectivity index (χ3n) is 6.28. The number of rotatable bonds is 10. The van der Waals surface area contributed by atoms with Crippen LogP contribution in [-0.2, 0) is 19.4 Å². The summed E-state index contributed by atoms with van der Waals surface area (Å²) < 4.78 is 18.8. The van der Waals surface area contributed by atoms with Crippen LogP contribution in [0.1, 0.15) is 23.6 Å². The van der Waals surface area contributed by atoms with Crippen LogP contribution in [0.15, 0.2) is 91.0 Å². The minimum Gasteiger partial charge on any atom is -0.465 e. The van der Waals surface area contributed by atoms with E-state index in [-0.39, 0.29) is 13.2 Å². The molecular weight excluding hydrogens is 481 g/mol. The summed E-state index contributed by atoms with van der Waals surface area (Å²) in [6.07, 6.45) is -1.38. The molecule has 4 N–H and O–H groups in total. The largest absolute Gasteiger partial charge is 0.465 e. The van der Waals surface area contributed by atoms with Crippen LogP contribution in [0, 0.1) is 0 Å². The Hall–Kier alpha value is -3.49. The van der Waals surface area contributed by atoms with Crippen molar-refractivity contribution in [2.45, 2.75) is 24.5 Å². The SMILES string of the molecule is C[C@H]1[C@H](NC(=O)O)C(=O)N1P(=O)(O)OCCNC(c1ccccc1)(c1ccccc1)c1ccccc1. The minimum absolute atomic E-state index is 0.171. The van der Waals surface area contributed by atoms with Crippen molar-refractivity contribution in [3.05, 3.63) is 108 Å². The fourth-order valence-corrected chi connectivity index (χ4v) is 6.04. The molecule has 0 aromatic heterocycles. The molecule has 1 aliphatic heterocycles. The Bertz CT molecular complexity index is 1150. The Morgan fingerprint density at radius 1 is 0.944 bits per heavy atom. The van der Waals surface area contributed by atoms with Gasteiger partial charge in [-0.1, -0.05) is 91.0 Å². The second-order valence-corrected chi connectivity index (χ2v) is 10.1. The monoisotopic (exact) mass is 509 g/mol. The van der Waals surface area contributed by atoms with Crippen molar-refractivity contribution in [3.63, 3.8) is 0 Å². The second kappa shape index (κ2) is 10.6. The number of nitrogens with one attached hydrogen (secondary N) is 2. The van der Waals surface area contributed by atoms with Crippen molar-refractivity contribution in [3.8, 4) is 0 Å². The minimum atomic E-state index is -4.48. The Labute approximate surface area is 209 Å². The zero-order valence-corrected chi connectivity index (χ0v) is 20.5. The van der Waals surface area contributed by atoms with Crippen LogP contribution in [0.3, 0.4) is 0 Å². The molecule has 3 aromatic carbocycles. The molecule has 0 aliphatic carbocycles. The Balaban J connectivity index is 1.55. The van der Waals surface area contributed by atoms with Crippen molar-refractivity contribution in [1.29, 1.82) is 0 Å². The number of β-lactam (4-membered cyclic amide) rings is 1. The molecular formula is C26H28N3O6P. The summed E-state index contributed by atoms with van der Waals surface area (Å²) in [5.41, 5.74) is 2.15. The van der Waals surface area contributed by atoms with Crippen molar-refractivity contribution in [2.75, 3.05) is 13.2 Å². The molecule has 1 aliphatic rings. The molecule has 36 heavy (non-hydrogen) atoms. The molecule has 0 spiro atoms. The van der Waals surface area contributed by atoms with Crippen LogP contribution in [0.4, 0.5) is 4.79 Å². The Kier molecular flexibility index (Phi) is 7.56. The molecule has 188 valence electrons. The highest BCUT2D eigenvalue weighted by Crippen LogP contribution is 2.52. The van der Waals surface area contributed by atoms with Gasteiger partial charge in [-0.15, -0.1) is 0 Å². The van der Waals surface area contributed by atoms with Gasteiger partial charge in [-0.2, -0.15) is 0 Å². The first-order valence-corrected chi connectivity index (χ1v) is 13.0. The van der Waals surface area contributed by atoms with Crippen LogP contribution in [-0.4, -0.2) is 51.9 Å². The first-order chi connectivity index (χ1) is 17.3. The van der Waals surface area contributed by atoms with Gasteiger partial charge >= 0.3 is 13.8 Å². The Morgan fingerprint density at radius 2 is 1.39 bits per heavy atom. The normalized spacial score (nSPS) is 19.3. The lowest BCUT2D eigenvalue weighted by molar-refractivity contribution is -0.142. The van der Waals surface area contributed by atoms with Crippen LogP contribution >= 0.6 is 7.75 Å². The lowest BCUT2D eigenvalue weighted by Gasteiger charge is -2.45. The number of carbonyl (C=O) groups is 2. The summed E-state index contributed by atoms with van der Waals surface area (Å²) in [5, 5.41) is 14.4. The number of nitrogens with zero attached hydrogens (tertiary/aromatic N) is 1. The van der Waals surface area contributed by atoms with Gasteiger partial charge in [-0.05, 0) is 23.6 Å². The van der Waals surface area contributed by atoms with E-state index in [0.717, 1.165) is 16.7 Å². The number of benzene rings is 3. The van der Waals surface area contributed by atoms with E-state index in [1.165, 1.54) is 6.92 Å². The molecule has 10 heteroatoms. The van der Waals surface area contributed by atoms with Gasteiger partial charge in [0.25, 0.3) is 5.91 Å². The summed E-state index contributed by atoms with van der Waals surface area (Å²) in [6.45, 7) is 1.49. The highest BCUT2D eigenvalue weighted by Gasteiger charge is 2.54. The molecule has 3 aromatic rings. The van der Waals surface area contributed by atoms with Crippen molar-refractivity contribution in [2.24, 2.45) is 0 Å². The predicted molar refractivity (Wildman–Crippen MR) is 134 cm³/mol. The summed E-state index contributed by atoms with van der Waals surface area (Å²) >= 11 is 0. The van der Waals surface area contributed by atoms with Gasteiger partial charge in [0.2, 0.25) is 0 Å². The molecule has 4 rings (SSSR count). The second-order valence-electron chi connectivity index (χ2n) is 8.45. The molecule has 0 saturated carbocycles. The number of amides is 2. The maximum Gasteiger partial charge on any atom is 0.435 e. The van der Waals surface area contributed by atoms with Crippen molar-refractivity contribution < 1.29 is 28.7 Å². The predicted octanol–water partition coefficient (Wildman–Crippen LogP) is 3.55. The van der Waals surface area contributed by atoms with E-state index in [1.54, 1.807) is 0 Å². The van der Waals surface area contributed by atoms with Gasteiger partial charge in [0.1, 0.15) is 6.04 Å². The van der Waals surface area contributed by atoms with Gasteiger partial charge in [0, 0.05) is 6.54 Å². The maximum atomic E-state index is 12.8. The average molecular weight is 509 g/mol. The summed E-state index contributed by atoms with van der Waals surface area (Å²) in [5.74, 6) is -0.795. The summed E-state index contributed by atoms with van der Waals surface area (Å²) in [4.78, 5) is 33.6. The van der Waals surface area contributed by atoms with Crippen LogP contribution in [0.25, 0.3) is 0 Å². The quantitative estimate of drug-likeness (QED) is 0.142. The standard InChI is InChI=1S/C26H28N3O6P/c1-19-23(28-25(31)32)24(30)29(19)36(33,34)35-18-17-27-26(20-11-5-2-6-12-20,21-13-7-3-8-14-21)22-15-9-4-10-16-22/h2-16,19,23,27-28H,17-18H2,1H3,(H,31,32)(H,33,34)/t19-,23-/m0/s1. The topological polar surface area (TPSA) is 128 Å². The molecule has 9 nitrogen and oxygen atoms in total. The molecule has 0 radical (unpaired) electrons. The maximum absolute atomic E-state index is 12.8. The van der Waals surface area contributed by atoms with Gasteiger partial charge in [-0.3, -0.25) is 14.6 Å². The molecule has 1 heterocycles. The first kappa shape index (κ1) is 25.6. The van der Waals surface area contributed by atoms with E-state index in [2.05, 4.69) is 5.32 Å². The van der Waals surface area contributed by atoms with E-state index in [0.29, 0.717) is 4.67 Å². The average Bonchev–Trinajstić information content (AvgIpc) is 2.89. The molecule has 1 unspecified atom stereocenters. The molecule has 2 amide bonds. The van der Waals surface area contributed by atoms with Crippen molar-refractivity contribution >= 4 is 19.7 Å². The number of carboxylic acid groups (broad SMARTS) is 1. The van der Waals surface area contributed by atoms with Crippen LogP contribution < -0.4 is 10.6 Å². The highest BCUT2D eigenvalue weighted by atomic mass is 31.2.